The number of nitro groups is 1. The minimum Gasteiger partial charge on any atom is -0.368 e. The van der Waals surface area contributed by atoms with Gasteiger partial charge in [-0.2, -0.15) is 9.97 Å². The lowest BCUT2D eigenvalue weighted by Crippen LogP contribution is -2.05. The number of nitrogen functional groups attached to an aromatic ring is 1. The maximum absolute atomic E-state index is 10.8. The van der Waals surface area contributed by atoms with Gasteiger partial charge in [0.15, 0.2) is 5.82 Å². The molecule has 1 aromatic carbocycles. The second kappa shape index (κ2) is 4.97. The fourth-order valence-electron chi connectivity index (χ4n) is 1.68. The van der Waals surface area contributed by atoms with E-state index < -0.39 is 4.92 Å². The molecule has 0 bridgehead atoms. The smallest absolute Gasteiger partial charge is 0.270 e. The highest BCUT2D eigenvalue weighted by Gasteiger charge is 2.13. The van der Waals surface area contributed by atoms with Gasteiger partial charge in [-0.05, 0) is 12.5 Å². The average molecular weight is 259 g/mol. The Bertz CT molecular complexity index is 642. The van der Waals surface area contributed by atoms with Gasteiger partial charge in [0.2, 0.25) is 5.95 Å². The lowest BCUT2D eigenvalue weighted by atomic mass is 10.1. The first kappa shape index (κ1) is 12.9. The van der Waals surface area contributed by atoms with Crippen LogP contribution < -0.4 is 5.73 Å². The predicted octanol–water partition coefficient (Wildman–Crippen LogP) is 1.90. The van der Waals surface area contributed by atoms with Crippen LogP contribution in [0.4, 0.5) is 11.6 Å². The summed E-state index contributed by atoms with van der Waals surface area (Å²) in [6.07, 6.45) is 0.619. The minimum atomic E-state index is -0.450. The molecule has 2 rings (SSSR count). The monoisotopic (exact) mass is 259 g/mol. The molecule has 0 saturated heterocycles. The first-order chi connectivity index (χ1) is 9.01. The van der Waals surface area contributed by atoms with Crippen molar-refractivity contribution < 1.29 is 4.92 Å². The fourth-order valence-corrected chi connectivity index (χ4v) is 1.68. The Labute approximate surface area is 109 Å². The van der Waals surface area contributed by atoms with E-state index in [2.05, 4.69) is 15.0 Å². The molecule has 7 nitrogen and oxygen atoms in total. The summed E-state index contributed by atoms with van der Waals surface area (Å²) >= 11 is 0. The number of nitro benzene ring substituents is 1. The molecule has 0 radical (unpaired) electrons. The summed E-state index contributed by atoms with van der Waals surface area (Å²) in [5.74, 6) is 1.05. The number of nitrogens with zero attached hydrogens (tertiary/aromatic N) is 4. The summed E-state index contributed by atoms with van der Waals surface area (Å²) in [7, 11) is 0. The molecule has 1 aromatic heterocycles. The van der Waals surface area contributed by atoms with E-state index in [0.717, 1.165) is 5.56 Å². The zero-order chi connectivity index (χ0) is 14.0. The van der Waals surface area contributed by atoms with Crippen LogP contribution in [0.3, 0.4) is 0 Å². The zero-order valence-corrected chi connectivity index (χ0v) is 10.6. The van der Waals surface area contributed by atoms with Crippen molar-refractivity contribution in [2.45, 2.75) is 20.3 Å². The molecule has 1 heterocycles. The molecule has 0 spiro atoms. The second-order valence-electron chi connectivity index (χ2n) is 4.04. The quantitative estimate of drug-likeness (QED) is 0.666. The van der Waals surface area contributed by atoms with E-state index in [1.54, 1.807) is 6.07 Å². The van der Waals surface area contributed by atoms with Gasteiger partial charge in [-0.3, -0.25) is 10.1 Å². The predicted molar refractivity (Wildman–Crippen MR) is 70.4 cm³/mol. The van der Waals surface area contributed by atoms with Crippen LogP contribution in [-0.4, -0.2) is 19.9 Å². The highest BCUT2D eigenvalue weighted by Crippen LogP contribution is 2.25. The standard InChI is InChI=1S/C12H13N5O2/c1-3-10-14-11(16-12(13)15-10)9-6-8(17(18)19)5-4-7(9)2/h4-6H,3H2,1-2H3,(H2,13,14,15,16). The minimum absolute atomic E-state index is 0.00219. The lowest BCUT2D eigenvalue weighted by molar-refractivity contribution is -0.384. The van der Waals surface area contributed by atoms with Crippen molar-refractivity contribution in [3.05, 3.63) is 39.7 Å². The summed E-state index contributed by atoms with van der Waals surface area (Å²) in [6, 6.07) is 4.56. The van der Waals surface area contributed by atoms with E-state index >= 15 is 0 Å². The third-order valence-corrected chi connectivity index (χ3v) is 2.69. The lowest BCUT2D eigenvalue weighted by Gasteiger charge is -2.06. The average Bonchev–Trinajstić information content (AvgIpc) is 2.38. The van der Waals surface area contributed by atoms with Crippen molar-refractivity contribution in [3.8, 4) is 11.4 Å². The number of anilines is 1. The zero-order valence-electron chi connectivity index (χ0n) is 10.6. The third-order valence-electron chi connectivity index (χ3n) is 2.69. The van der Waals surface area contributed by atoms with Crippen LogP contribution in [0.2, 0.25) is 0 Å². The van der Waals surface area contributed by atoms with Crippen LogP contribution in [0.5, 0.6) is 0 Å². The van der Waals surface area contributed by atoms with E-state index in [1.165, 1.54) is 12.1 Å². The molecule has 7 heteroatoms. The molecular weight excluding hydrogens is 246 g/mol. The molecule has 0 aliphatic carbocycles. The van der Waals surface area contributed by atoms with Crippen LogP contribution in [0, 0.1) is 17.0 Å². The molecular formula is C12H13N5O2. The van der Waals surface area contributed by atoms with Gasteiger partial charge in [0.1, 0.15) is 5.82 Å². The van der Waals surface area contributed by atoms with E-state index in [1.807, 2.05) is 13.8 Å². The number of aromatic nitrogens is 3. The normalized spacial score (nSPS) is 10.4. The number of hydrogen-bond donors (Lipinski definition) is 1. The first-order valence-electron chi connectivity index (χ1n) is 5.77. The Morgan fingerprint density at radius 1 is 1.32 bits per heavy atom. The SMILES string of the molecule is CCc1nc(N)nc(-c2cc([N+](=O)[O-])ccc2C)n1. The van der Waals surface area contributed by atoms with Crippen molar-refractivity contribution in [2.75, 3.05) is 5.73 Å². The molecule has 0 amide bonds. The van der Waals surface area contributed by atoms with E-state index in [-0.39, 0.29) is 11.6 Å². The fraction of sp³-hybridized carbons (Fsp3) is 0.250. The Kier molecular flexibility index (Phi) is 3.37. The first-order valence-corrected chi connectivity index (χ1v) is 5.77. The molecule has 2 N–H and O–H groups in total. The molecule has 98 valence electrons. The Hall–Kier alpha value is -2.57. The van der Waals surface area contributed by atoms with Crippen LogP contribution >= 0.6 is 0 Å². The van der Waals surface area contributed by atoms with E-state index in [0.29, 0.717) is 23.6 Å². The van der Waals surface area contributed by atoms with Crippen molar-refractivity contribution in [3.63, 3.8) is 0 Å². The number of rotatable bonds is 3. The van der Waals surface area contributed by atoms with E-state index in [9.17, 15) is 10.1 Å². The molecule has 0 atom stereocenters. The van der Waals surface area contributed by atoms with Gasteiger partial charge in [-0.15, -0.1) is 0 Å². The largest absolute Gasteiger partial charge is 0.368 e. The van der Waals surface area contributed by atoms with E-state index in [4.69, 9.17) is 5.73 Å². The van der Waals surface area contributed by atoms with Crippen LogP contribution in [-0.2, 0) is 6.42 Å². The van der Waals surface area contributed by atoms with Crippen molar-refractivity contribution in [1.82, 2.24) is 15.0 Å². The van der Waals surface area contributed by atoms with Crippen LogP contribution in [0.25, 0.3) is 11.4 Å². The third kappa shape index (κ3) is 2.65. The number of non-ortho nitro benzene ring substituents is 1. The Balaban J connectivity index is 2.60. The van der Waals surface area contributed by atoms with Crippen molar-refractivity contribution in [1.29, 1.82) is 0 Å². The molecule has 0 aliphatic rings. The summed E-state index contributed by atoms with van der Waals surface area (Å²) in [6.45, 7) is 3.74. The summed E-state index contributed by atoms with van der Waals surface area (Å²) in [5.41, 5.74) is 7.06. The van der Waals surface area contributed by atoms with Gasteiger partial charge in [-0.25, -0.2) is 4.98 Å². The second-order valence-corrected chi connectivity index (χ2v) is 4.04. The maximum Gasteiger partial charge on any atom is 0.270 e. The highest BCUT2D eigenvalue weighted by molar-refractivity contribution is 5.64. The van der Waals surface area contributed by atoms with Gasteiger partial charge in [0.25, 0.3) is 5.69 Å². The van der Waals surface area contributed by atoms with Gasteiger partial charge in [0.05, 0.1) is 4.92 Å². The van der Waals surface area contributed by atoms with Crippen molar-refractivity contribution in [2.24, 2.45) is 0 Å². The molecule has 2 aromatic rings. The molecule has 0 unspecified atom stereocenters. The molecule has 0 saturated carbocycles. The number of nitrogens with two attached hydrogens (primary N) is 1. The van der Waals surface area contributed by atoms with Gasteiger partial charge < -0.3 is 5.73 Å². The number of benzene rings is 1. The summed E-state index contributed by atoms with van der Waals surface area (Å²) in [5, 5.41) is 10.8. The van der Waals surface area contributed by atoms with Crippen LogP contribution in [0.1, 0.15) is 18.3 Å². The van der Waals surface area contributed by atoms with Crippen LogP contribution in [0.15, 0.2) is 18.2 Å². The molecule has 19 heavy (non-hydrogen) atoms. The number of hydrogen-bond acceptors (Lipinski definition) is 6. The van der Waals surface area contributed by atoms with Gasteiger partial charge >= 0.3 is 0 Å². The summed E-state index contributed by atoms with van der Waals surface area (Å²) in [4.78, 5) is 22.7. The Morgan fingerprint density at radius 3 is 2.68 bits per heavy atom. The van der Waals surface area contributed by atoms with Gasteiger partial charge in [0, 0.05) is 24.1 Å². The maximum atomic E-state index is 10.8. The topological polar surface area (TPSA) is 108 Å². The summed E-state index contributed by atoms with van der Waals surface area (Å²) < 4.78 is 0. The van der Waals surface area contributed by atoms with Crippen molar-refractivity contribution >= 4 is 11.6 Å². The Morgan fingerprint density at radius 2 is 2.05 bits per heavy atom. The highest BCUT2D eigenvalue weighted by atomic mass is 16.6. The number of aryl methyl sites for hydroxylation is 2. The molecule has 0 aliphatic heterocycles. The molecule has 0 fully saturated rings. The van der Waals surface area contributed by atoms with Gasteiger partial charge in [-0.1, -0.05) is 13.0 Å².